The maximum atomic E-state index is 11.2. The highest BCUT2D eigenvalue weighted by molar-refractivity contribution is 7.21. The molecule has 0 spiro atoms. The first-order valence-electron chi connectivity index (χ1n) is 6.33. The maximum absolute atomic E-state index is 11.2. The molecule has 3 aromatic rings. The zero-order valence-corrected chi connectivity index (χ0v) is 12.1. The Morgan fingerprint density at radius 3 is 2.50 bits per heavy atom. The second-order valence-electron chi connectivity index (χ2n) is 4.83. The third-order valence-corrected chi connectivity index (χ3v) is 4.40. The van der Waals surface area contributed by atoms with Gasteiger partial charge in [0.25, 0.3) is 0 Å². The molecule has 0 aliphatic carbocycles. The molecule has 0 atom stereocenters. The van der Waals surface area contributed by atoms with Crippen LogP contribution < -0.4 is 5.73 Å². The average Bonchev–Trinajstić information content (AvgIpc) is 2.80. The van der Waals surface area contributed by atoms with Gasteiger partial charge in [0, 0.05) is 11.1 Å². The predicted molar refractivity (Wildman–Crippen MR) is 83.0 cm³/mol. The Hall–Kier alpha value is -2.20. The third kappa shape index (κ3) is 2.08. The highest BCUT2D eigenvalue weighted by atomic mass is 32.1. The molecule has 2 N–H and O–H groups in total. The lowest BCUT2D eigenvalue weighted by Crippen LogP contribution is -2.10. The topological polar surface area (TPSA) is 56.0 Å². The summed E-state index contributed by atoms with van der Waals surface area (Å²) in [6.07, 6.45) is 0. The van der Waals surface area contributed by atoms with Crippen LogP contribution in [0.1, 0.15) is 21.5 Å². The first kappa shape index (κ1) is 12.8. The van der Waals surface area contributed by atoms with E-state index < -0.39 is 5.91 Å². The van der Waals surface area contributed by atoms with E-state index in [1.165, 1.54) is 16.7 Å². The van der Waals surface area contributed by atoms with Crippen LogP contribution >= 0.6 is 11.3 Å². The number of aryl methyl sites for hydroxylation is 2. The summed E-state index contributed by atoms with van der Waals surface area (Å²) in [7, 11) is 0. The minimum Gasteiger partial charge on any atom is -0.366 e. The van der Waals surface area contributed by atoms with E-state index in [9.17, 15) is 4.79 Å². The number of thiazole rings is 1. The predicted octanol–water partition coefficient (Wildman–Crippen LogP) is 3.68. The molecular weight excluding hydrogens is 268 g/mol. The van der Waals surface area contributed by atoms with Gasteiger partial charge >= 0.3 is 0 Å². The highest BCUT2D eigenvalue weighted by Crippen LogP contribution is 2.34. The van der Waals surface area contributed by atoms with Crippen molar-refractivity contribution in [3.63, 3.8) is 0 Å². The highest BCUT2D eigenvalue weighted by Gasteiger charge is 2.12. The van der Waals surface area contributed by atoms with Crippen LogP contribution in [0, 0.1) is 13.8 Å². The van der Waals surface area contributed by atoms with Crippen LogP contribution in [-0.2, 0) is 0 Å². The second-order valence-corrected chi connectivity index (χ2v) is 5.86. The number of fused-ring (bicyclic) bond motifs is 1. The molecule has 4 heteroatoms. The van der Waals surface area contributed by atoms with Crippen LogP contribution in [0.4, 0.5) is 0 Å². The molecular formula is C16H14N2OS. The fourth-order valence-electron chi connectivity index (χ4n) is 2.34. The number of nitrogens with two attached hydrogens (primary N) is 1. The van der Waals surface area contributed by atoms with E-state index in [1.54, 1.807) is 17.4 Å². The van der Waals surface area contributed by atoms with Crippen molar-refractivity contribution in [2.24, 2.45) is 5.73 Å². The maximum Gasteiger partial charge on any atom is 0.248 e. The van der Waals surface area contributed by atoms with E-state index in [0.29, 0.717) is 5.56 Å². The summed E-state index contributed by atoms with van der Waals surface area (Å²) in [5.74, 6) is -0.408. The van der Waals surface area contributed by atoms with E-state index in [0.717, 1.165) is 15.2 Å². The van der Waals surface area contributed by atoms with E-state index in [2.05, 4.69) is 31.0 Å². The molecule has 0 fully saturated rings. The Morgan fingerprint density at radius 2 is 1.85 bits per heavy atom. The number of rotatable bonds is 2. The van der Waals surface area contributed by atoms with Gasteiger partial charge in [-0.3, -0.25) is 4.79 Å². The molecule has 100 valence electrons. The normalized spacial score (nSPS) is 10.9. The molecule has 0 unspecified atom stereocenters. The van der Waals surface area contributed by atoms with Crippen LogP contribution in [0.5, 0.6) is 0 Å². The molecule has 0 bridgehead atoms. The third-order valence-electron chi connectivity index (χ3n) is 3.37. The van der Waals surface area contributed by atoms with E-state index >= 15 is 0 Å². The fraction of sp³-hybridized carbons (Fsp3) is 0.125. The number of carbonyl (C=O) groups is 1. The van der Waals surface area contributed by atoms with Crippen LogP contribution in [0.2, 0.25) is 0 Å². The van der Waals surface area contributed by atoms with Crippen LogP contribution in [0.25, 0.3) is 20.8 Å². The summed E-state index contributed by atoms with van der Waals surface area (Å²) >= 11 is 1.59. The van der Waals surface area contributed by atoms with Crippen LogP contribution in [0.3, 0.4) is 0 Å². The number of hydrogen-bond acceptors (Lipinski definition) is 3. The number of benzene rings is 2. The number of nitrogens with zero attached hydrogens (tertiary/aromatic N) is 1. The Balaban J connectivity index is 2.21. The standard InChI is InChI=1S/C16H14N2OS/c1-9-4-3-5-10(2)14(9)16-18-12-7-6-11(15(17)19)8-13(12)20-16/h3-8H,1-2H3,(H2,17,19). The van der Waals surface area contributed by atoms with Crippen molar-refractivity contribution in [2.45, 2.75) is 13.8 Å². The lowest BCUT2D eigenvalue weighted by atomic mass is 10.0. The van der Waals surface area contributed by atoms with Gasteiger partial charge < -0.3 is 5.73 Å². The lowest BCUT2D eigenvalue weighted by molar-refractivity contribution is 0.100. The number of carbonyl (C=O) groups excluding carboxylic acids is 1. The van der Waals surface area contributed by atoms with Gasteiger partial charge in [0.15, 0.2) is 0 Å². The second kappa shape index (κ2) is 4.72. The van der Waals surface area contributed by atoms with E-state index in [-0.39, 0.29) is 0 Å². The summed E-state index contributed by atoms with van der Waals surface area (Å²) in [5.41, 5.74) is 10.3. The summed E-state index contributed by atoms with van der Waals surface area (Å²) < 4.78 is 0.985. The molecule has 0 aliphatic heterocycles. The molecule has 1 amide bonds. The summed E-state index contributed by atoms with van der Waals surface area (Å²) in [6, 6.07) is 11.6. The summed E-state index contributed by atoms with van der Waals surface area (Å²) in [5, 5.41) is 0.984. The molecule has 0 radical (unpaired) electrons. The molecule has 2 aromatic carbocycles. The largest absolute Gasteiger partial charge is 0.366 e. The molecule has 1 heterocycles. The SMILES string of the molecule is Cc1cccc(C)c1-c1nc2ccc(C(N)=O)cc2s1. The van der Waals surface area contributed by atoms with Crippen molar-refractivity contribution in [1.82, 2.24) is 4.98 Å². The average molecular weight is 282 g/mol. The van der Waals surface area contributed by atoms with Gasteiger partial charge in [0.05, 0.1) is 10.2 Å². The van der Waals surface area contributed by atoms with Crippen LogP contribution in [0.15, 0.2) is 36.4 Å². The number of primary amides is 1. The molecule has 0 saturated carbocycles. The van der Waals surface area contributed by atoms with Crippen molar-refractivity contribution in [3.05, 3.63) is 53.1 Å². The summed E-state index contributed by atoms with van der Waals surface area (Å²) in [4.78, 5) is 15.9. The first-order chi connectivity index (χ1) is 9.56. The molecule has 0 aliphatic rings. The van der Waals surface area contributed by atoms with Gasteiger partial charge in [-0.25, -0.2) is 4.98 Å². The number of aromatic nitrogens is 1. The van der Waals surface area contributed by atoms with E-state index in [4.69, 9.17) is 5.73 Å². The van der Waals surface area contributed by atoms with Gasteiger partial charge in [-0.05, 0) is 43.2 Å². The monoisotopic (exact) mass is 282 g/mol. The van der Waals surface area contributed by atoms with Crippen molar-refractivity contribution >= 4 is 27.5 Å². The van der Waals surface area contributed by atoms with E-state index in [1.807, 2.05) is 18.2 Å². The molecule has 0 saturated heterocycles. The lowest BCUT2D eigenvalue weighted by Gasteiger charge is -2.05. The summed E-state index contributed by atoms with van der Waals surface area (Å²) in [6.45, 7) is 4.17. The minimum absolute atomic E-state index is 0.408. The zero-order chi connectivity index (χ0) is 14.3. The Labute approximate surface area is 121 Å². The number of hydrogen-bond donors (Lipinski definition) is 1. The Morgan fingerprint density at radius 1 is 1.15 bits per heavy atom. The van der Waals surface area contributed by atoms with Crippen molar-refractivity contribution in [1.29, 1.82) is 0 Å². The first-order valence-corrected chi connectivity index (χ1v) is 7.15. The van der Waals surface area contributed by atoms with Crippen molar-refractivity contribution < 1.29 is 4.79 Å². The minimum atomic E-state index is -0.408. The van der Waals surface area contributed by atoms with Gasteiger partial charge in [0.1, 0.15) is 5.01 Å². The van der Waals surface area contributed by atoms with Crippen LogP contribution in [-0.4, -0.2) is 10.9 Å². The molecule has 3 rings (SSSR count). The molecule has 20 heavy (non-hydrogen) atoms. The van der Waals surface area contributed by atoms with Crippen molar-refractivity contribution in [2.75, 3.05) is 0 Å². The van der Waals surface area contributed by atoms with Crippen molar-refractivity contribution in [3.8, 4) is 10.6 Å². The van der Waals surface area contributed by atoms with Gasteiger partial charge in [-0.1, -0.05) is 18.2 Å². The zero-order valence-electron chi connectivity index (χ0n) is 11.3. The smallest absolute Gasteiger partial charge is 0.248 e. The van der Waals surface area contributed by atoms with Gasteiger partial charge in [-0.15, -0.1) is 11.3 Å². The van der Waals surface area contributed by atoms with Gasteiger partial charge in [0.2, 0.25) is 5.91 Å². The fourth-order valence-corrected chi connectivity index (χ4v) is 3.52. The number of amides is 1. The quantitative estimate of drug-likeness (QED) is 0.779. The Kier molecular flexibility index (Phi) is 3.03. The molecule has 3 nitrogen and oxygen atoms in total. The van der Waals surface area contributed by atoms with Gasteiger partial charge in [-0.2, -0.15) is 0 Å². The Bertz CT molecular complexity index is 800. The molecule has 1 aromatic heterocycles.